The van der Waals surface area contributed by atoms with Gasteiger partial charge in [0.1, 0.15) is 5.15 Å². The lowest BCUT2D eigenvalue weighted by molar-refractivity contribution is 0.619. The third-order valence-corrected chi connectivity index (χ3v) is 5.52. The van der Waals surface area contributed by atoms with Crippen LogP contribution in [0.4, 0.5) is 0 Å². The molecule has 0 spiro atoms. The largest absolute Gasteiger partial charge is 0.302 e. The summed E-state index contributed by atoms with van der Waals surface area (Å²) in [5.74, 6) is 0. The Labute approximate surface area is 148 Å². The number of pyridine rings is 1. The number of halogens is 2. The van der Waals surface area contributed by atoms with Crippen LogP contribution in [0, 0.1) is 6.92 Å². The number of fused-ring (bicyclic) bond motifs is 1. The minimum absolute atomic E-state index is 0.0385. The van der Waals surface area contributed by atoms with Gasteiger partial charge in [0.25, 0.3) is 0 Å². The third kappa shape index (κ3) is 2.82. The monoisotopic (exact) mass is 361 g/mol. The maximum atomic E-state index is 6.41. The summed E-state index contributed by atoms with van der Waals surface area (Å²) in [6.07, 6.45) is 0.773. The summed E-state index contributed by atoms with van der Waals surface area (Å²) >= 11 is 14.0. The molecule has 0 saturated carbocycles. The zero-order valence-corrected chi connectivity index (χ0v) is 14.6. The van der Waals surface area contributed by atoms with Crippen LogP contribution in [-0.2, 0) is 0 Å². The quantitative estimate of drug-likeness (QED) is 0.624. The van der Waals surface area contributed by atoms with E-state index in [4.69, 9.17) is 23.2 Å². The van der Waals surface area contributed by atoms with E-state index in [0.717, 1.165) is 37.8 Å². The summed E-state index contributed by atoms with van der Waals surface area (Å²) in [4.78, 5) is 5.63. The maximum Gasteiger partial charge on any atom is 0.135 e. The second-order valence-corrected chi connectivity index (χ2v) is 7.69. The lowest BCUT2D eigenvalue weighted by atomic mass is 10.0. The van der Waals surface area contributed by atoms with Crippen molar-refractivity contribution in [3.8, 4) is 0 Å². The topological polar surface area (TPSA) is 37.3 Å². The molecule has 0 amide bonds. The second kappa shape index (κ2) is 5.78. The second-order valence-electron chi connectivity index (χ2n) is 5.61. The molecule has 1 atom stereocenters. The van der Waals surface area contributed by atoms with Crippen molar-refractivity contribution in [2.45, 2.75) is 19.4 Å². The first kappa shape index (κ1) is 14.9. The highest BCUT2D eigenvalue weighted by atomic mass is 35.5. The minimum Gasteiger partial charge on any atom is -0.302 e. The predicted octanol–water partition coefficient (Wildman–Crippen LogP) is 5.35. The van der Waals surface area contributed by atoms with Crippen LogP contribution in [0.3, 0.4) is 0 Å². The van der Waals surface area contributed by atoms with E-state index in [2.05, 4.69) is 33.7 Å². The lowest BCUT2D eigenvalue weighted by Crippen LogP contribution is -2.11. The van der Waals surface area contributed by atoms with Gasteiger partial charge in [-0.1, -0.05) is 35.3 Å². The maximum absolute atomic E-state index is 6.41. The lowest BCUT2D eigenvalue weighted by Gasteiger charge is -2.13. The Balaban J connectivity index is 1.65. The number of rotatable bonds is 2. The van der Waals surface area contributed by atoms with Gasteiger partial charge in [-0.05, 0) is 36.8 Å². The SMILES string of the molecule is Cc1ccc2cc(C3CC(c4ccc(Cl)s4)=NN3)c(Cl)nc2c1. The highest BCUT2D eigenvalue weighted by Gasteiger charge is 2.25. The number of benzene rings is 1. The zero-order valence-electron chi connectivity index (χ0n) is 12.3. The molecule has 1 N–H and O–H groups in total. The first-order chi connectivity index (χ1) is 11.1. The standard InChI is InChI=1S/C17H13Cl2N3S/c1-9-2-3-10-7-11(17(19)20-12(10)6-9)13-8-14(22-21-13)15-4-5-16(18)23-15/h2-7,13,21H,8H2,1H3. The van der Waals surface area contributed by atoms with Crippen LogP contribution in [0.1, 0.15) is 28.5 Å². The fourth-order valence-electron chi connectivity index (χ4n) is 2.76. The van der Waals surface area contributed by atoms with Gasteiger partial charge in [-0.25, -0.2) is 4.98 Å². The number of thiophene rings is 1. The number of hydrogen-bond donors (Lipinski definition) is 1. The van der Waals surface area contributed by atoms with E-state index in [0.29, 0.717) is 5.15 Å². The van der Waals surface area contributed by atoms with Crippen molar-refractivity contribution in [3.05, 3.63) is 61.9 Å². The van der Waals surface area contributed by atoms with Gasteiger partial charge in [0.05, 0.1) is 26.5 Å². The number of aryl methyl sites for hydroxylation is 1. The summed E-state index contributed by atoms with van der Waals surface area (Å²) in [5, 5.41) is 6.06. The molecule has 1 aliphatic heterocycles. The molecule has 23 heavy (non-hydrogen) atoms. The van der Waals surface area contributed by atoms with E-state index < -0.39 is 0 Å². The summed E-state index contributed by atoms with van der Waals surface area (Å²) in [5.41, 5.74) is 7.25. The molecule has 0 aliphatic carbocycles. The molecule has 0 saturated heterocycles. The molecule has 2 aromatic heterocycles. The van der Waals surface area contributed by atoms with Crippen molar-refractivity contribution in [2.75, 3.05) is 0 Å². The van der Waals surface area contributed by atoms with Crippen LogP contribution in [0.2, 0.25) is 9.49 Å². The Kier molecular flexibility index (Phi) is 3.76. The van der Waals surface area contributed by atoms with E-state index >= 15 is 0 Å². The van der Waals surface area contributed by atoms with Crippen molar-refractivity contribution >= 4 is 51.2 Å². The molecule has 3 nitrogen and oxygen atoms in total. The molecule has 116 valence electrons. The van der Waals surface area contributed by atoms with E-state index in [-0.39, 0.29) is 6.04 Å². The van der Waals surface area contributed by atoms with E-state index in [1.165, 1.54) is 16.9 Å². The molecular formula is C17H13Cl2N3S. The molecule has 4 rings (SSSR count). The van der Waals surface area contributed by atoms with Crippen LogP contribution in [0.15, 0.2) is 41.5 Å². The highest BCUT2D eigenvalue weighted by molar-refractivity contribution is 7.18. The van der Waals surface area contributed by atoms with Crippen molar-refractivity contribution in [1.82, 2.24) is 10.4 Å². The summed E-state index contributed by atoms with van der Waals surface area (Å²) in [6.45, 7) is 2.05. The van der Waals surface area contributed by atoms with E-state index in [9.17, 15) is 0 Å². The first-order valence-electron chi connectivity index (χ1n) is 7.25. The number of nitrogens with zero attached hydrogens (tertiary/aromatic N) is 2. The molecule has 1 aliphatic rings. The van der Waals surface area contributed by atoms with Gasteiger partial charge in [-0.3, -0.25) is 0 Å². The molecule has 0 fully saturated rings. The normalized spacial score (nSPS) is 17.3. The van der Waals surface area contributed by atoms with Crippen LogP contribution in [0.5, 0.6) is 0 Å². The smallest absolute Gasteiger partial charge is 0.135 e. The van der Waals surface area contributed by atoms with Gasteiger partial charge in [0.15, 0.2) is 0 Å². The molecule has 1 aromatic carbocycles. The van der Waals surface area contributed by atoms with Crippen molar-refractivity contribution in [1.29, 1.82) is 0 Å². The average Bonchev–Trinajstić information content (AvgIpc) is 3.15. The molecule has 1 unspecified atom stereocenters. The Morgan fingerprint density at radius 2 is 2.04 bits per heavy atom. The van der Waals surface area contributed by atoms with E-state index in [1.54, 1.807) is 0 Å². The number of nitrogens with one attached hydrogen (secondary N) is 1. The molecule has 0 radical (unpaired) electrons. The van der Waals surface area contributed by atoms with Gasteiger partial charge in [0, 0.05) is 17.4 Å². The summed E-state index contributed by atoms with van der Waals surface area (Å²) in [7, 11) is 0. The van der Waals surface area contributed by atoms with Gasteiger partial charge in [-0.15, -0.1) is 11.3 Å². The van der Waals surface area contributed by atoms with Crippen LogP contribution in [-0.4, -0.2) is 10.7 Å². The van der Waals surface area contributed by atoms with Crippen LogP contribution >= 0.6 is 34.5 Å². The fourth-order valence-corrected chi connectivity index (χ4v) is 4.08. The number of hydrazone groups is 1. The van der Waals surface area contributed by atoms with Crippen LogP contribution in [0.25, 0.3) is 10.9 Å². The molecule has 3 heterocycles. The Morgan fingerprint density at radius 1 is 1.17 bits per heavy atom. The van der Waals surface area contributed by atoms with Gasteiger partial charge in [0.2, 0.25) is 0 Å². The Morgan fingerprint density at radius 3 is 2.83 bits per heavy atom. The van der Waals surface area contributed by atoms with Crippen molar-refractivity contribution < 1.29 is 0 Å². The number of aromatic nitrogens is 1. The number of hydrogen-bond acceptors (Lipinski definition) is 4. The Bertz CT molecular complexity index is 933. The first-order valence-corrected chi connectivity index (χ1v) is 8.82. The highest BCUT2D eigenvalue weighted by Crippen LogP contribution is 2.33. The molecule has 3 aromatic rings. The molecule has 6 heteroatoms. The van der Waals surface area contributed by atoms with Gasteiger partial charge in [-0.2, -0.15) is 5.10 Å². The van der Waals surface area contributed by atoms with E-state index in [1.807, 2.05) is 25.1 Å². The average molecular weight is 362 g/mol. The Hall–Kier alpha value is -1.62. The third-order valence-electron chi connectivity index (χ3n) is 3.94. The zero-order chi connectivity index (χ0) is 16.0. The summed E-state index contributed by atoms with van der Waals surface area (Å²) < 4.78 is 0.770. The van der Waals surface area contributed by atoms with Crippen LogP contribution < -0.4 is 5.43 Å². The fraction of sp³-hybridized carbons (Fsp3) is 0.176. The predicted molar refractivity (Wildman–Crippen MR) is 97.8 cm³/mol. The minimum atomic E-state index is 0.0385. The molecule has 0 bridgehead atoms. The van der Waals surface area contributed by atoms with Crippen molar-refractivity contribution in [2.24, 2.45) is 5.10 Å². The molecular weight excluding hydrogens is 349 g/mol. The van der Waals surface area contributed by atoms with Gasteiger partial charge < -0.3 is 5.43 Å². The van der Waals surface area contributed by atoms with Gasteiger partial charge >= 0.3 is 0 Å². The van der Waals surface area contributed by atoms with Crippen molar-refractivity contribution in [3.63, 3.8) is 0 Å². The summed E-state index contributed by atoms with van der Waals surface area (Å²) in [6, 6.07) is 12.2.